The number of esters is 1. The Kier molecular flexibility index (Phi) is 4.90. The van der Waals surface area contributed by atoms with Gasteiger partial charge in [-0.2, -0.15) is 0 Å². The van der Waals surface area contributed by atoms with Gasteiger partial charge < -0.3 is 9.47 Å². The zero-order valence-corrected chi connectivity index (χ0v) is 12.6. The average molecular weight is 357 g/mol. The second-order valence-corrected chi connectivity index (χ2v) is 5.07. The Morgan fingerprint density at radius 3 is 2.67 bits per heavy atom. The summed E-state index contributed by atoms with van der Waals surface area (Å²) >= 11 is 3.15. The molecule has 2 rings (SSSR count). The number of hydrogen-bond donors (Lipinski definition) is 0. The number of halogens is 3. The Morgan fingerprint density at radius 1 is 1.19 bits per heavy atom. The molecular weight excluding hydrogens is 346 g/mol. The van der Waals surface area contributed by atoms with Crippen molar-refractivity contribution in [2.45, 2.75) is 6.61 Å². The van der Waals surface area contributed by atoms with Crippen molar-refractivity contribution in [1.82, 2.24) is 0 Å². The molecule has 110 valence electrons. The molecule has 2 aromatic carbocycles. The van der Waals surface area contributed by atoms with Gasteiger partial charge in [-0.1, -0.05) is 15.9 Å². The highest BCUT2D eigenvalue weighted by Gasteiger charge is 2.15. The molecule has 0 radical (unpaired) electrons. The number of rotatable bonds is 4. The molecule has 0 saturated heterocycles. The van der Waals surface area contributed by atoms with Gasteiger partial charge in [0, 0.05) is 10.0 Å². The van der Waals surface area contributed by atoms with E-state index in [-0.39, 0.29) is 12.2 Å². The van der Waals surface area contributed by atoms with Crippen molar-refractivity contribution in [3.63, 3.8) is 0 Å². The van der Waals surface area contributed by atoms with Gasteiger partial charge in [-0.3, -0.25) is 0 Å². The third-order valence-electron chi connectivity index (χ3n) is 2.75. The fraction of sp³-hybridized carbons (Fsp3) is 0.133. The third kappa shape index (κ3) is 3.78. The fourth-order valence-electron chi connectivity index (χ4n) is 1.73. The SMILES string of the molecule is COc1ccc(F)cc1COC(=O)c1cc(Br)ccc1F. The van der Waals surface area contributed by atoms with Crippen LogP contribution in [-0.2, 0) is 11.3 Å². The molecule has 3 nitrogen and oxygen atoms in total. The second-order valence-electron chi connectivity index (χ2n) is 4.16. The van der Waals surface area contributed by atoms with Gasteiger partial charge in [-0.25, -0.2) is 13.6 Å². The number of hydrogen-bond acceptors (Lipinski definition) is 3. The molecule has 0 N–H and O–H groups in total. The maximum atomic E-state index is 13.5. The molecule has 0 atom stereocenters. The first-order valence-electron chi connectivity index (χ1n) is 5.96. The van der Waals surface area contributed by atoms with Crippen LogP contribution < -0.4 is 4.74 Å². The van der Waals surface area contributed by atoms with Crippen LogP contribution >= 0.6 is 15.9 Å². The molecule has 0 amide bonds. The van der Waals surface area contributed by atoms with Crippen molar-refractivity contribution in [3.05, 3.63) is 63.6 Å². The van der Waals surface area contributed by atoms with E-state index < -0.39 is 17.6 Å². The van der Waals surface area contributed by atoms with E-state index in [9.17, 15) is 13.6 Å². The lowest BCUT2D eigenvalue weighted by Gasteiger charge is -2.10. The maximum Gasteiger partial charge on any atom is 0.341 e. The van der Waals surface area contributed by atoms with E-state index in [0.29, 0.717) is 15.8 Å². The van der Waals surface area contributed by atoms with E-state index in [4.69, 9.17) is 9.47 Å². The van der Waals surface area contributed by atoms with Crippen molar-refractivity contribution < 1.29 is 23.0 Å². The molecular formula is C15H11BrF2O3. The molecule has 0 aromatic heterocycles. The lowest BCUT2D eigenvalue weighted by Crippen LogP contribution is -2.08. The number of carbonyl (C=O) groups excluding carboxylic acids is 1. The van der Waals surface area contributed by atoms with E-state index in [1.54, 1.807) is 0 Å². The largest absolute Gasteiger partial charge is 0.496 e. The third-order valence-corrected chi connectivity index (χ3v) is 3.24. The number of benzene rings is 2. The molecule has 2 aromatic rings. The second kappa shape index (κ2) is 6.67. The van der Waals surface area contributed by atoms with Crippen LogP contribution in [0, 0.1) is 11.6 Å². The van der Waals surface area contributed by atoms with Crippen LogP contribution in [-0.4, -0.2) is 13.1 Å². The summed E-state index contributed by atoms with van der Waals surface area (Å²) in [6, 6.07) is 7.81. The van der Waals surface area contributed by atoms with Crippen molar-refractivity contribution in [2.75, 3.05) is 7.11 Å². The first-order valence-corrected chi connectivity index (χ1v) is 6.75. The summed E-state index contributed by atoms with van der Waals surface area (Å²) in [5.74, 6) is -1.61. The van der Waals surface area contributed by atoms with Gasteiger partial charge in [0.2, 0.25) is 0 Å². The minimum atomic E-state index is -0.833. The van der Waals surface area contributed by atoms with E-state index in [2.05, 4.69) is 15.9 Å². The highest BCUT2D eigenvalue weighted by Crippen LogP contribution is 2.22. The lowest BCUT2D eigenvalue weighted by atomic mass is 10.2. The van der Waals surface area contributed by atoms with E-state index in [1.165, 1.54) is 37.4 Å². The standard InChI is InChI=1S/C15H11BrF2O3/c1-20-14-5-3-11(17)6-9(14)8-21-15(19)12-7-10(16)2-4-13(12)18/h2-7H,8H2,1H3. The zero-order chi connectivity index (χ0) is 15.4. The molecule has 0 aliphatic carbocycles. The van der Waals surface area contributed by atoms with Crippen molar-refractivity contribution in [3.8, 4) is 5.75 Å². The van der Waals surface area contributed by atoms with Gasteiger partial charge in [-0.05, 0) is 36.4 Å². The molecule has 0 aliphatic rings. The van der Waals surface area contributed by atoms with Crippen LogP contribution in [0.1, 0.15) is 15.9 Å². The Bertz CT molecular complexity index is 674. The number of ether oxygens (including phenoxy) is 2. The van der Waals surface area contributed by atoms with Crippen molar-refractivity contribution >= 4 is 21.9 Å². The molecule has 0 bridgehead atoms. The molecule has 0 aliphatic heterocycles. The van der Waals surface area contributed by atoms with Gasteiger partial charge in [-0.15, -0.1) is 0 Å². The predicted octanol–water partition coefficient (Wildman–Crippen LogP) is 4.09. The fourth-order valence-corrected chi connectivity index (χ4v) is 2.10. The minimum absolute atomic E-state index is 0.195. The monoisotopic (exact) mass is 356 g/mol. The quantitative estimate of drug-likeness (QED) is 0.774. The van der Waals surface area contributed by atoms with Gasteiger partial charge in [0.15, 0.2) is 0 Å². The summed E-state index contributed by atoms with van der Waals surface area (Å²) in [6.07, 6.45) is 0. The summed E-state index contributed by atoms with van der Waals surface area (Å²) in [7, 11) is 1.42. The summed E-state index contributed by atoms with van der Waals surface area (Å²) in [5.41, 5.74) is 0.168. The summed E-state index contributed by atoms with van der Waals surface area (Å²) in [4.78, 5) is 11.9. The molecule has 0 saturated carbocycles. The average Bonchev–Trinajstić information content (AvgIpc) is 2.47. The topological polar surface area (TPSA) is 35.5 Å². The Labute approximate surface area is 128 Å². The molecule has 0 spiro atoms. The maximum absolute atomic E-state index is 13.5. The van der Waals surface area contributed by atoms with Crippen LogP contribution in [0.2, 0.25) is 0 Å². The van der Waals surface area contributed by atoms with Gasteiger partial charge in [0.1, 0.15) is 24.0 Å². The summed E-state index contributed by atoms with van der Waals surface area (Å²) in [6.45, 7) is -0.217. The zero-order valence-electron chi connectivity index (χ0n) is 11.0. The molecule has 21 heavy (non-hydrogen) atoms. The van der Waals surface area contributed by atoms with Crippen LogP contribution in [0.25, 0.3) is 0 Å². The van der Waals surface area contributed by atoms with Crippen LogP contribution in [0.4, 0.5) is 8.78 Å². The molecule has 6 heteroatoms. The minimum Gasteiger partial charge on any atom is -0.496 e. The van der Waals surface area contributed by atoms with Crippen LogP contribution in [0.15, 0.2) is 40.9 Å². The highest BCUT2D eigenvalue weighted by atomic mass is 79.9. The van der Waals surface area contributed by atoms with Gasteiger partial charge >= 0.3 is 5.97 Å². The molecule has 0 heterocycles. The Balaban J connectivity index is 2.14. The number of methoxy groups -OCH3 is 1. The summed E-state index contributed by atoms with van der Waals surface area (Å²) in [5, 5.41) is 0. The lowest BCUT2D eigenvalue weighted by molar-refractivity contribution is 0.0464. The van der Waals surface area contributed by atoms with E-state index in [0.717, 1.165) is 6.07 Å². The Morgan fingerprint density at radius 2 is 1.95 bits per heavy atom. The normalized spacial score (nSPS) is 10.3. The van der Waals surface area contributed by atoms with E-state index in [1.807, 2.05) is 0 Å². The van der Waals surface area contributed by atoms with Crippen molar-refractivity contribution in [1.29, 1.82) is 0 Å². The highest BCUT2D eigenvalue weighted by molar-refractivity contribution is 9.10. The van der Waals surface area contributed by atoms with Crippen LogP contribution in [0.3, 0.4) is 0 Å². The van der Waals surface area contributed by atoms with Crippen LogP contribution in [0.5, 0.6) is 5.75 Å². The van der Waals surface area contributed by atoms with Gasteiger partial charge in [0.05, 0.1) is 12.7 Å². The van der Waals surface area contributed by atoms with E-state index >= 15 is 0 Å². The predicted molar refractivity (Wildman–Crippen MR) is 76.2 cm³/mol. The number of carbonyl (C=O) groups is 1. The first kappa shape index (κ1) is 15.4. The first-order chi connectivity index (χ1) is 10.0. The smallest absolute Gasteiger partial charge is 0.341 e. The summed E-state index contributed by atoms with van der Waals surface area (Å²) < 4.78 is 37.3. The van der Waals surface area contributed by atoms with Gasteiger partial charge in [0.25, 0.3) is 0 Å². The Hall–Kier alpha value is -1.95. The molecule has 0 fully saturated rings. The molecule has 0 unspecified atom stereocenters. The van der Waals surface area contributed by atoms with Crippen molar-refractivity contribution in [2.24, 2.45) is 0 Å².